The zero-order valence-electron chi connectivity index (χ0n) is 19.0. The summed E-state index contributed by atoms with van der Waals surface area (Å²) >= 11 is 7.09. The lowest BCUT2D eigenvalue weighted by atomic mass is 10.2. The second kappa shape index (κ2) is 10.2. The van der Waals surface area contributed by atoms with Crippen molar-refractivity contribution in [2.45, 2.75) is 13.5 Å². The van der Waals surface area contributed by atoms with Crippen LogP contribution in [0.15, 0.2) is 53.6 Å². The minimum absolute atomic E-state index is 0.268. The molecule has 35 heavy (non-hydrogen) atoms. The highest BCUT2D eigenvalue weighted by molar-refractivity contribution is 7.20. The van der Waals surface area contributed by atoms with Gasteiger partial charge in [0.15, 0.2) is 0 Å². The highest BCUT2D eigenvalue weighted by atomic mass is 35.5. The molecule has 4 aromatic rings. The molecule has 0 aliphatic rings. The van der Waals surface area contributed by atoms with E-state index in [4.69, 9.17) is 21.1 Å². The summed E-state index contributed by atoms with van der Waals surface area (Å²) in [4.78, 5) is 43.7. The third-order valence-corrected chi connectivity index (χ3v) is 6.64. The number of carbonyl (C=O) groups excluding carboxylic acids is 2. The molecule has 2 heterocycles. The predicted molar refractivity (Wildman–Crippen MR) is 136 cm³/mol. The molecule has 0 aliphatic carbocycles. The highest BCUT2D eigenvalue weighted by Crippen LogP contribution is 2.30. The molecule has 9 nitrogen and oxygen atoms in total. The zero-order valence-corrected chi connectivity index (χ0v) is 20.6. The number of thiophene rings is 1. The van der Waals surface area contributed by atoms with Gasteiger partial charge in [-0.05, 0) is 42.8 Å². The molecule has 2 aromatic heterocycles. The van der Waals surface area contributed by atoms with Gasteiger partial charge in [0.25, 0.3) is 11.5 Å². The molecule has 0 fully saturated rings. The lowest BCUT2D eigenvalue weighted by Gasteiger charge is -2.12. The van der Waals surface area contributed by atoms with Crippen LogP contribution in [0.2, 0.25) is 5.02 Å². The summed E-state index contributed by atoms with van der Waals surface area (Å²) in [6.07, 6.45) is 1.30. The van der Waals surface area contributed by atoms with Gasteiger partial charge in [-0.3, -0.25) is 19.0 Å². The molecule has 4 rings (SSSR count). The molecule has 0 radical (unpaired) electrons. The predicted octanol–water partition coefficient (Wildman–Crippen LogP) is 4.33. The molecule has 0 bridgehead atoms. The van der Waals surface area contributed by atoms with E-state index in [9.17, 15) is 14.4 Å². The quantitative estimate of drug-likeness (QED) is 0.381. The van der Waals surface area contributed by atoms with Gasteiger partial charge < -0.3 is 20.1 Å². The number of hydrogen-bond acceptors (Lipinski definition) is 7. The average molecular weight is 513 g/mol. The van der Waals surface area contributed by atoms with E-state index < -0.39 is 11.5 Å². The van der Waals surface area contributed by atoms with Gasteiger partial charge in [0, 0.05) is 16.8 Å². The SMILES string of the molecule is COc1ccc(NC(=O)Cn2cnc3sc(C(=O)Nc4cccc(Cl)c4)c(C)c3c2=O)c(OC)c1. The van der Waals surface area contributed by atoms with Crippen LogP contribution in [0.1, 0.15) is 15.2 Å². The number of nitrogens with one attached hydrogen (secondary N) is 2. The number of hydrogen-bond donors (Lipinski definition) is 2. The highest BCUT2D eigenvalue weighted by Gasteiger charge is 2.20. The monoisotopic (exact) mass is 512 g/mol. The Labute approximate surface area is 209 Å². The van der Waals surface area contributed by atoms with E-state index in [0.717, 1.165) is 11.3 Å². The topological polar surface area (TPSA) is 112 Å². The molecule has 2 aromatic carbocycles. The second-order valence-corrected chi connectivity index (χ2v) is 8.93. The molecule has 0 saturated heterocycles. The second-order valence-electron chi connectivity index (χ2n) is 7.49. The smallest absolute Gasteiger partial charge is 0.266 e. The summed E-state index contributed by atoms with van der Waals surface area (Å²) in [5.41, 5.74) is 1.05. The van der Waals surface area contributed by atoms with Crippen molar-refractivity contribution in [3.05, 3.63) is 74.6 Å². The van der Waals surface area contributed by atoms with Crippen LogP contribution in [0.4, 0.5) is 11.4 Å². The van der Waals surface area contributed by atoms with Gasteiger partial charge in [0.05, 0.1) is 36.5 Å². The number of amides is 2. The summed E-state index contributed by atoms with van der Waals surface area (Å²) in [5.74, 6) is 0.183. The number of anilines is 2. The van der Waals surface area contributed by atoms with Crippen LogP contribution in [0.5, 0.6) is 11.5 Å². The van der Waals surface area contributed by atoms with Crippen LogP contribution in [-0.4, -0.2) is 35.6 Å². The third kappa shape index (κ3) is 5.13. The van der Waals surface area contributed by atoms with Crippen LogP contribution < -0.4 is 25.7 Å². The molecule has 0 atom stereocenters. The van der Waals surface area contributed by atoms with Crippen molar-refractivity contribution in [3.8, 4) is 11.5 Å². The van der Waals surface area contributed by atoms with Crippen LogP contribution in [0.3, 0.4) is 0 Å². The van der Waals surface area contributed by atoms with Gasteiger partial charge in [0.2, 0.25) is 5.91 Å². The van der Waals surface area contributed by atoms with Gasteiger partial charge in [0.1, 0.15) is 22.9 Å². The van der Waals surface area contributed by atoms with E-state index in [1.54, 1.807) is 49.4 Å². The molecule has 180 valence electrons. The van der Waals surface area contributed by atoms with E-state index in [1.165, 1.54) is 25.1 Å². The lowest BCUT2D eigenvalue weighted by Crippen LogP contribution is -2.28. The van der Waals surface area contributed by atoms with Crippen molar-refractivity contribution < 1.29 is 19.1 Å². The molecule has 0 saturated carbocycles. The number of fused-ring (bicyclic) bond motifs is 1. The van der Waals surface area contributed by atoms with Crippen molar-refractivity contribution in [3.63, 3.8) is 0 Å². The molecule has 11 heteroatoms. The maximum absolute atomic E-state index is 13.1. The van der Waals surface area contributed by atoms with Gasteiger partial charge in [-0.2, -0.15) is 0 Å². The van der Waals surface area contributed by atoms with E-state index in [2.05, 4.69) is 15.6 Å². The van der Waals surface area contributed by atoms with Crippen LogP contribution in [-0.2, 0) is 11.3 Å². The minimum atomic E-state index is -0.441. The normalized spacial score (nSPS) is 10.7. The summed E-state index contributed by atoms with van der Waals surface area (Å²) in [5, 5.41) is 6.29. The molecular formula is C24H21ClN4O5S. The third-order valence-electron chi connectivity index (χ3n) is 5.20. The van der Waals surface area contributed by atoms with Gasteiger partial charge >= 0.3 is 0 Å². The molecule has 2 N–H and O–H groups in total. The summed E-state index contributed by atoms with van der Waals surface area (Å²) < 4.78 is 11.6. The number of rotatable bonds is 7. The van der Waals surface area contributed by atoms with Crippen molar-refractivity contribution in [2.75, 3.05) is 24.9 Å². The van der Waals surface area contributed by atoms with Crippen LogP contribution in [0, 0.1) is 6.92 Å². The maximum Gasteiger partial charge on any atom is 0.266 e. The van der Waals surface area contributed by atoms with E-state index in [0.29, 0.717) is 48.6 Å². The number of ether oxygens (including phenoxy) is 2. The Balaban J connectivity index is 1.57. The van der Waals surface area contributed by atoms with E-state index in [-0.39, 0.29) is 12.5 Å². The zero-order chi connectivity index (χ0) is 25.1. The van der Waals surface area contributed by atoms with Crippen molar-refractivity contribution >= 4 is 56.3 Å². The van der Waals surface area contributed by atoms with E-state index in [1.807, 2.05) is 0 Å². The lowest BCUT2D eigenvalue weighted by molar-refractivity contribution is -0.116. The minimum Gasteiger partial charge on any atom is -0.497 e. The Kier molecular flexibility index (Phi) is 7.04. The number of carbonyl (C=O) groups is 2. The largest absolute Gasteiger partial charge is 0.497 e. The maximum atomic E-state index is 13.1. The first kappa shape index (κ1) is 24.2. The molecule has 2 amide bonds. The number of aromatic nitrogens is 2. The Hall–Kier alpha value is -3.89. The number of benzene rings is 2. The fraction of sp³-hybridized carbons (Fsp3) is 0.167. The van der Waals surface area contributed by atoms with Crippen molar-refractivity contribution in [2.24, 2.45) is 0 Å². The number of nitrogens with zero attached hydrogens (tertiary/aromatic N) is 2. The Morgan fingerprint density at radius 3 is 2.63 bits per heavy atom. The van der Waals surface area contributed by atoms with Crippen molar-refractivity contribution in [1.29, 1.82) is 0 Å². The van der Waals surface area contributed by atoms with Crippen LogP contribution >= 0.6 is 22.9 Å². The number of methoxy groups -OCH3 is 2. The Morgan fingerprint density at radius 2 is 1.91 bits per heavy atom. The summed E-state index contributed by atoms with van der Waals surface area (Å²) in [7, 11) is 3.01. The Morgan fingerprint density at radius 1 is 1.11 bits per heavy atom. The first-order valence-corrected chi connectivity index (χ1v) is 11.6. The average Bonchev–Trinajstić information content (AvgIpc) is 3.18. The fourth-order valence-electron chi connectivity index (χ4n) is 3.49. The molecule has 0 spiro atoms. The standard InChI is InChI=1S/C24H21ClN4O5S/c1-13-20-23(35-21(13)22(31)27-15-6-4-5-14(25)9-15)26-12-29(24(20)32)11-19(30)28-17-8-7-16(33-2)10-18(17)34-3/h4-10,12H,11H2,1-3H3,(H,27,31)(H,28,30). The van der Waals surface area contributed by atoms with Crippen LogP contribution in [0.25, 0.3) is 10.2 Å². The van der Waals surface area contributed by atoms with Crippen molar-refractivity contribution in [1.82, 2.24) is 9.55 Å². The Bertz CT molecular complexity index is 1500. The fourth-order valence-corrected chi connectivity index (χ4v) is 4.71. The van der Waals surface area contributed by atoms with Gasteiger partial charge in [-0.1, -0.05) is 17.7 Å². The first-order chi connectivity index (χ1) is 16.8. The molecular weight excluding hydrogens is 492 g/mol. The summed E-state index contributed by atoms with van der Waals surface area (Å²) in [6, 6.07) is 11.7. The number of halogens is 1. The first-order valence-electron chi connectivity index (χ1n) is 10.4. The van der Waals surface area contributed by atoms with Gasteiger partial charge in [-0.25, -0.2) is 4.98 Å². The van der Waals surface area contributed by atoms with E-state index >= 15 is 0 Å². The van der Waals surface area contributed by atoms with Gasteiger partial charge in [-0.15, -0.1) is 11.3 Å². The number of aryl methyl sites for hydroxylation is 1. The molecule has 0 aliphatic heterocycles. The molecule has 0 unspecified atom stereocenters. The summed E-state index contributed by atoms with van der Waals surface area (Å²) in [6.45, 7) is 1.41.